The lowest BCUT2D eigenvalue weighted by Gasteiger charge is -2.41. The number of amides is 1. The van der Waals surface area contributed by atoms with Gasteiger partial charge in [-0.3, -0.25) is 4.79 Å². The lowest BCUT2D eigenvalue weighted by atomic mass is 9.95. The number of rotatable bonds is 8. The van der Waals surface area contributed by atoms with Crippen molar-refractivity contribution in [3.8, 4) is 5.75 Å². The number of nitrogens with one attached hydrogen (secondary N) is 1. The first kappa shape index (κ1) is 28.5. The molecule has 3 aliphatic rings. The lowest BCUT2D eigenvalue weighted by Crippen LogP contribution is -2.60. The highest BCUT2D eigenvalue weighted by Gasteiger charge is 2.53. The van der Waals surface area contributed by atoms with Crippen molar-refractivity contribution in [3.63, 3.8) is 0 Å². The molecule has 2 aliphatic heterocycles. The fourth-order valence-electron chi connectivity index (χ4n) is 6.19. The van der Waals surface area contributed by atoms with Crippen LogP contribution in [0.15, 0.2) is 70.0 Å². The smallest absolute Gasteiger partial charge is 0.298 e. The third-order valence-corrected chi connectivity index (χ3v) is 10.5. The number of ether oxygens (including phenoxy) is 1. The minimum absolute atomic E-state index is 0.115. The summed E-state index contributed by atoms with van der Waals surface area (Å²) in [4.78, 5) is 15.1. The summed E-state index contributed by atoms with van der Waals surface area (Å²) in [6.45, 7) is 0. The molecule has 2 heterocycles. The number of hydrogen-bond donors (Lipinski definition) is 2. The largest absolute Gasteiger partial charge is 0.490 e. The molecule has 2 bridgehead atoms. The number of benzene rings is 3. The van der Waals surface area contributed by atoms with E-state index in [4.69, 9.17) is 10.5 Å². The zero-order valence-electron chi connectivity index (χ0n) is 22.3. The summed E-state index contributed by atoms with van der Waals surface area (Å²) < 4.78 is 68.2. The molecular formula is C30H32BrF2N3O4S. The van der Waals surface area contributed by atoms with Gasteiger partial charge in [-0.1, -0.05) is 40.2 Å². The summed E-state index contributed by atoms with van der Waals surface area (Å²) in [6.07, 6.45) is 5.68. The topological polar surface area (TPSA) is 102 Å². The fraction of sp³-hybridized carbons (Fsp3) is 0.433. The van der Waals surface area contributed by atoms with Crippen LogP contribution in [0, 0.1) is 0 Å². The Kier molecular flexibility index (Phi) is 7.59. The van der Waals surface area contributed by atoms with Gasteiger partial charge in [-0.15, -0.1) is 0 Å². The molecule has 3 fully saturated rings. The summed E-state index contributed by atoms with van der Waals surface area (Å²) in [5, 5.41) is 1.37. The highest BCUT2D eigenvalue weighted by atomic mass is 79.9. The molecule has 1 amide bonds. The van der Waals surface area contributed by atoms with Gasteiger partial charge in [0, 0.05) is 28.2 Å². The number of fused-ring (bicyclic) bond motifs is 3. The monoisotopic (exact) mass is 647 g/mol. The Hall–Kier alpha value is -2.60. The summed E-state index contributed by atoms with van der Waals surface area (Å²) in [7, 11) is -4.53. The second kappa shape index (κ2) is 10.9. The maximum Gasteiger partial charge on any atom is 0.298 e. The molecule has 1 aliphatic carbocycles. The van der Waals surface area contributed by atoms with E-state index in [2.05, 4.69) is 20.7 Å². The standard InChI is InChI=1S/C30H32BrF2N3O4S/c31-21-8-6-20(7-9-21)30(32,33)28(29(37)36-23-10-11-24(36)17-22(34)16-23)35-41(38,39)27-13-5-18-14-26(12-4-19(18)15-27)40-25-2-1-3-25/h4-9,12-15,22-25,28,35H,1-3,10-11,16-17,34H2. The van der Waals surface area contributed by atoms with Crippen LogP contribution in [0.2, 0.25) is 0 Å². The highest BCUT2D eigenvalue weighted by molar-refractivity contribution is 9.10. The van der Waals surface area contributed by atoms with Crippen LogP contribution in [0.3, 0.4) is 0 Å². The molecule has 7 nitrogen and oxygen atoms in total. The summed E-state index contributed by atoms with van der Waals surface area (Å²) >= 11 is 3.24. The van der Waals surface area contributed by atoms with E-state index in [0.29, 0.717) is 41.3 Å². The molecule has 11 heteroatoms. The Morgan fingerprint density at radius 3 is 2.24 bits per heavy atom. The molecule has 3 atom stereocenters. The molecule has 3 unspecified atom stereocenters. The molecule has 0 radical (unpaired) electrons. The van der Waals surface area contributed by atoms with Crippen LogP contribution in [-0.2, 0) is 20.7 Å². The maximum atomic E-state index is 16.2. The number of nitrogens with zero attached hydrogens (tertiary/aromatic N) is 1. The van der Waals surface area contributed by atoms with Crippen LogP contribution in [0.25, 0.3) is 10.8 Å². The Morgan fingerprint density at radius 2 is 1.61 bits per heavy atom. The Bertz CT molecular complexity index is 1550. The number of halogens is 3. The van der Waals surface area contributed by atoms with E-state index in [9.17, 15) is 13.2 Å². The third kappa shape index (κ3) is 5.61. The second-order valence-corrected chi connectivity index (χ2v) is 14.0. The van der Waals surface area contributed by atoms with E-state index in [1.165, 1.54) is 41.3 Å². The van der Waals surface area contributed by atoms with Gasteiger partial charge in [0.15, 0.2) is 6.04 Å². The number of sulfonamides is 1. The zero-order chi connectivity index (χ0) is 28.9. The third-order valence-electron chi connectivity index (χ3n) is 8.58. The van der Waals surface area contributed by atoms with Crippen molar-refractivity contribution in [1.29, 1.82) is 0 Å². The summed E-state index contributed by atoms with van der Waals surface area (Å²) in [5.41, 5.74) is 5.68. The van der Waals surface area contributed by atoms with Gasteiger partial charge in [0.2, 0.25) is 15.9 Å². The number of piperidine rings is 1. The first-order chi connectivity index (χ1) is 19.5. The van der Waals surface area contributed by atoms with E-state index in [1.807, 2.05) is 6.07 Å². The SMILES string of the molecule is NC1CC2CCC(C1)N2C(=O)C(NS(=O)(=O)c1ccc2cc(OC3CCC3)ccc2c1)C(F)(F)c1ccc(Br)cc1. The van der Waals surface area contributed by atoms with E-state index < -0.39 is 33.5 Å². The van der Waals surface area contributed by atoms with Gasteiger partial charge in [-0.25, -0.2) is 8.42 Å². The lowest BCUT2D eigenvalue weighted by molar-refractivity contribution is -0.149. The van der Waals surface area contributed by atoms with E-state index in [-0.39, 0.29) is 29.1 Å². The summed E-state index contributed by atoms with van der Waals surface area (Å²) in [6, 6.07) is 12.0. The predicted molar refractivity (Wildman–Crippen MR) is 155 cm³/mol. The van der Waals surface area contributed by atoms with Gasteiger partial charge in [0.1, 0.15) is 5.75 Å². The second-order valence-electron chi connectivity index (χ2n) is 11.4. The molecule has 3 aromatic rings. The van der Waals surface area contributed by atoms with Crippen LogP contribution < -0.4 is 15.2 Å². The highest BCUT2D eigenvalue weighted by Crippen LogP contribution is 2.40. The Labute approximate surface area is 246 Å². The predicted octanol–water partition coefficient (Wildman–Crippen LogP) is 5.45. The minimum atomic E-state index is -4.53. The molecule has 1 saturated carbocycles. The normalized spacial score (nSPS) is 23.8. The van der Waals surface area contributed by atoms with Crippen LogP contribution in [-0.4, -0.2) is 49.5 Å². The van der Waals surface area contributed by atoms with E-state index in [1.54, 1.807) is 18.2 Å². The van der Waals surface area contributed by atoms with Crippen molar-refractivity contribution in [2.75, 3.05) is 0 Å². The van der Waals surface area contributed by atoms with E-state index >= 15 is 8.78 Å². The van der Waals surface area contributed by atoms with Gasteiger partial charge in [0.25, 0.3) is 5.92 Å². The van der Waals surface area contributed by atoms with Crippen molar-refractivity contribution in [2.24, 2.45) is 5.73 Å². The molecule has 3 aromatic carbocycles. The number of carbonyl (C=O) groups is 1. The molecular weight excluding hydrogens is 616 g/mol. The molecule has 0 aromatic heterocycles. The van der Waals surface area contributed by atoms with Gasteiger partial charge in [-0.2, -0.15) is 13.5 Å². The average molecular weight is 649 g/mol. The molecule has 41 heavy (non-hydrogen) atoms. The van der Waals surface area contributed by atoms with Crippen molar-refractivity contribution in [3.05, 3.63) is 70.7 Å². The number of carbonyl (C=O) groups excluding carboxylic acids is 1. The Morgan fingerprint density at radius 1 is 0.976 bits per heavy atom. The van der Waals surface area contributed by atoms with Crippen molar-refractivity contribution < 1.29 is 26.7 Å². The first-order valence-corrected chi connectivity index (χ1v) is 16.2. The first-order valence-electron chi connectivity index (χ1n) is 14.0. The molecule has 2 saturated heterocycles. The van der Waals surface area contributed by atoms with Crippen molar-refractivity contribution >= 4 is 42.6 Å². The summed E-state index contributed by atoms with van der Waals surface area (Å²) in [5.74, 6) is -4.06. The number of nitrogens with two attached hydrogens (primary N) is 1. The zero-order valence-corrected chi connectivity index (χ0v) is 24.7. The van der Waals surface area contributed by atoms with Gasteiger partial charge < -0.3 is 15.4 Å². The van der Waals surface area contributed by atoms with Crippen LogP contribution in [0.4, 0.5) is 8.78 Å². The number of hydrogen-bond acceptors (Lipinski definition) is 5. The average Bonchev–Trinajstić information content (AvgIpc) is 3.19. The molecule has 6 rings (SSSR count). The molecule has 3 N–H and O–H groups in total. The van der Waals surface area contributed by atoms with Gasteiger partial charge in [-0.05, 0) is 92.1 Å². The maximum absolute atomic E-state index is 16.2. The fourth-order valence-corrected chi connectivity index (χ4v) is 7.68. The van der Waals surface area contributed by atoms with Crippen LogP contribution in [0.1, 0.15) is 50.5 Å². The minimum Gasteiger partial charge on any atom is -0.490 e. The van der Waals surface area contributed by atoms with Crippen molar-refractivity contribution in [1.82, 2.24) is 9.62 Å². The quantitative estimate of drug-likeness (QED) is 0.338. The number of alkyl halides is 2. The van der Waals surface area contributed by atoms with E-state index in [0.717, 1.165) is 24.6 Å². The van der Waals surface area contributed by atoms with Crippen LogP contribution in [0.5, 0.6) is 5.75 Å². The van der Waals surface area contributed by atoms with Gasteiger partial charge in [0.05, 0.1) is 11.0 Å². The van der Waals surface area contributed by atoms with Crippen LogP contribution >= 0.6 is 15.9 Å². The van der Waals surface area contributed by atoms with Crippen molar-refractivity contribution in [2.45, 2.75) is 86.0 Å². The molecule has 218 valence electrons. The van der Waals surface area contributed by atoms with Gasteiger partial charge >= 0.3 is 0 Å². The Balaban J connectivity index is 1.32. The molecule has 0 spiro atoms.